The first-order valence-electron chi connectivity index (χ1n) is 10.1. The molecule has 0 bridgehead atoms. The quantitative estimate of drug-likeness (QED) is 0.376. The molecular formula is C23H30O5Si. The summed E-state index contributed by atoms with van der Waals surface area (Å²) < 4.78 is 16.7. The molecule has 0 radical (unpaired) electrons. The average molecular weight is 415 g/mol. The van der Waals surface area contributed by atoms with Crippen LogP contribution in [-0.4, -0.2) is 39.7 Å². The van der Waals surface area contributed by atoms with Crippen molar-refractivity contribution in [1.29, 1.82) is 0 Å². The Balaban J connectivity index is 0.000000223. The predicted molar refractivity (Wildman–Crippen MR) is 120 cm³/mol. The van der Waals surface area contributed by atoms with Gasteiger partial charge in [-0.25, -0.2) is 4.79 Å². The minimum atomic E-state index is -2.27. The maximum Gasteiger partial charge on any atom is 0.500 e. The summed E-state index contributed by atoms with van der Waals surface area (Å²) in [5, 5.41) is 12.9. The van der Waals surface area contributed by atoms with E-state index in [0.717, 1.165) is 27.6 Å². The highest BCUT2D eigenvalue weighted by molar-refractivity contribution is 6.60. The van der Waals surface area contributed by atoms with Gasteiger partial charge in [0.15, 0.2) is 0 Å². The third-order valence-corrected chi connectivity index (χ3v) is 7.56. The number of carboxylic acids is 1. The molecule has 0 saturated heterocycles. The SMILES string of the molecule is CCO[Si](CC)(OCC)OCC.O=C(O)c1c2ccccc2cc2ccccc12. The second kappa shape index (κ2) is 11.1. The zero-order chi connectivity index (χ0) is 21.3. The fourth-order valence-corrected chi connectivity index (χ4v) is 5.52. The van der Waals surface area contributed by atoms with Gasteiger partial charge >= 0.3 is 14.8 Å². The van der Waals surface area contributed by atoms with Gasteiger partial charge in [0.1, 0.15) is 0 Å². The Morgan fingerprint density at radius 2 is 1.21 bits per heavy atom. The van der Waals surface area contributed by atoms with E-state index in [0.29, 0.717) is 25.4 Å². The number of carboxylic acid groups (broad SMARTS) is 1. The maximum atomic E-state index is 11.4. The first-order chi connectivity index (χ1) is 14.0. The van der Waals surface area contributed by atoms with Crippen molar-refractivity contribution in [2.24, 2.45) is 0 Å². The molecule has 3 aromatic rings. The zero-order valence-corrected chi connectivity index (χ0v) is 18.6. The smallest absolute Gasteiger partial charge is 0.478 e. The van der Waals surface area contributed by atoms with Crippen LogP contribution in [0.5, 0.6) is 0 Å². The van der Waals surface area contributed by atoms with Crippen LogP contribution in [-0.2, 0) is 13.3 Å². The maximum absolute atomic E-state index is 11.4. The summed E-state index contributed by atoms with van der Waals surface area (Å²) in [5.41, 5.74) is 0.388. The largest absolute Gasteiger partial charge is 0.500 e. The lowest BCUT2D eigenvalue weighted by Crippen LogP contribution is -2.45. The lowest BCUT2D eigenvalue weighted by Gasteiger charge is -2.26. The Kier molecular flexibility index (Phi) is 8.79. The number of fused-ring (bicyclic) bond motifs is 2. The highest BCUT2D eigenvalue weighted by atomic mass is 28.4. The number of carbonyl (C=O) groups is 1. The number of hydrogen-bond acceptors (Lipinski definition) is 4. The number of benzene rings is 3. The number of rotatable bonds is 8. The Hall–Kier alpha value is -2.25. The van der Waals surface area contributed by atoms with Crippen molar-refractivity contribution in [3.63, 3.8) is 0 Å². The van der Waals surface area contributed by atoms with E-state index < -0.39 is 14.8 Å². The molecule has 0 saturated carbocycles. The number of hydrogen-bond donors (Lipinski definition) is 1. The molecule has 3 rings (SSSR count). The summed E-state index contributed by atoms with van der Waals surface area (Å²) >= 11 is 0. The molecule has 0 unspecified atom stereocenters. The minimum absolute atomic E-state index is 0.388. The average Bonchev–Trinajstić information content (AvgIpc) is 2.72. The molecule has 0 amide bonds. The van der Waals surface area contributed by atoms with Gasteiger partial charge in [0.05, 0.1) is 5.56 Å². The molecule has 6 heteroatoms. The van der Waals surface area contributed by atoms with Crippen LogP contribution in [0.1, 0.15) is 38.1 Å². The Morgan fingerprint density at radius 3 is 1.55 bits per heavy atom. The molecule has 0 fully saturated rings. The van der Waals surface area contributed by atoms with Gasteiger partial charge in [-0.3, -0.25) is 0 Å². The van der Waals surface area contributed by atoms with Crippen LogP contribution in [0.15, 0.2) is 54.6 Å². The first-order valence-corrected chi connectivity index (χ1v) is 12.0. The van der Waals surface area contributed by atoms with Crippen LogP contribution in [0.4, 0.5) is 0 Å². The van der Waals surface area contributed by atoms with Crippen molar-refractivity contribution in [1.82, 2.24) is 0 Å². The molecule has 0 aromatic heterocycles. The fraction of sp³-hybridized carbons (Fsp3) is 0.348. The van der Waals surface area contributed by atoms with E-state index in [1.165, 1.54) is 0 Å². The summed E-state index contributed by atoms with van der Waals surface area (Å²) in [6, 6.07) is 18.0. The van der Waals surface area contributed by atoms with Crippen LogP contribution >= 0.6 is 0 Å². The van der Waals surface area contributed by atoms with Gasteiger partial charge in [-0.05, 0) is 48.4 Å². The fourth-order valence-electron chi connectivity index (χ4n) is 3.34. The van der Waals surface area contributed by atoms with E-state index >= 15 is 0 Å². The van der Waals surface area contributed by atoms with E-state index in [1.807, 2.05) is 82.3 Å². The van der Waals surface area contributed by atoms with E-state index in [9.17, 15) is 9.90 Å². The topological polar surface area (TPSA) is 65.0 Å². The van der Waals surface area contributed by atoms with E-state index in [4.69, 9.17) is 13.3 Å². The molecule has 156 valence electrons. The molecule has 0 spiro atoms. The van der Waals surface area contributed by atoms with Crippen molar-refractivity contribution in [3.8, 4) is 0 Å². The predicted octanol–water partition coefficient (Wildman–Crippen LogP) is 5.75. The molecule has 29 heavy (non-hydrogen) atoms. The van der Waals surface area contributed by atoms with Crippen LogP contribution < -0.4 is 0 Å². The number of aromatic carboxylic acids is 1. The van der Waals surface area contributed by atoms with Crippen LogP contribution in [0, 0.1) is 0 Å². The van der Waals surface area contributed by atoms with Crippen LogP contribution in [0.2, 0.25) is 6.04 Å². The highest BCUT2D eigenvalue weighted by Crippen LogP contribution is 2.28. The summed E-state index contributed by atoms with van der Waals surface area (Å²) in [4.78, 5) is 11.4. The van der Waals surface area contributed by atoms with E-state index in [2.05, 4.69) is 0 Å². The molecule has 5 nitrogen and oxygen atoms in total. The van der Waals surface area contributed by atoms with E-state index in [1.54, 1.807) is 0 Å². The monoisotopic (exact) mass is 414 g/mol. The molecule has 0 aliphatic rings. The third-order valence-electron chi connectivity index (χ3n) is 4.51. The van der Waals surface area contributed by atoms with Crippen molar-refractivity contribution in [3.05, 3.63) is 60.2 Å². The van der Waals surface area contributed by atoms with Gasteiger partial charge in [-0.1, -0.05) is 55.5 Å². The molecular weight excluding hydrogens is 384 g/mol. The Morgan fingerprint density at radius 1 is 0.793 bits per heavy atom. The minimum Gasteiger partial charge on any atom is -0.478 e. The molecule has 3 aromatic carbocycles. The highest BCUT2D eigenvalue weighted by Gasteiger charge is 2.37. The van der Waals surface area contributed by atoms with E-state index in [-0.39, 0.29) is 0 Å². The summed E-state index contributed by atoms with van der Waals surface area (Å²) in [5.74, 6) is -0.877. The zero-order valence-electron chi connectivity index (χ0n) is 17.6. The van der Waals surface area contributed by atoms with Gasteiger partial charge in [0.2, 0.25) is 0 Å². The van der Waals surface area contributed by atoms with Crippen molar-refractivity contribution >= 4 is 36.3 Å². The lowest BCUT2D eigenvalue weighted by molar-refractivity contribution is 0.0698. The first kappa shape index (κ1) is 23.0. The second-order valence-corrected chi connectivity index (χ2v) is 9.27. The summed E-state index contributed by atoms with van der Waals surface area (Å²) in [6.07, 6.45) is 0. The van der Waals surface area contributed by atoms with Crippen molar-refractivity contribution in [2.75, 3.05) is 19.8 Å². The van der Waals surface area contributed by atoms with Crippen LogP contribution in [0.25, 0.3) is 21.5 Å². The second-order valence-electron chi connectivity index (χ2n) is 6.33. The normalized spacial score (nSPS) is 11.3. The Labute approximate surface area is 173 Å². The third kappa shape index (κ3) is 5.64. The van der Waals surface area contributed by atoms with Crippen molar-refractivity contribution in [2.45, 2.75) is 33.7 Å². The molecule has 0 atom stereocenters. The van der Waals surface area contributed by atoms with Gasteiger partial charge in [0.25, 0.3) is 0 Å². The summed E-state index contributed by atoms with van der Waals surface area (Å²) in [6.45, 7) is 9.95. The molecule has 1 N–H and O–H groups in total. The molecule has 0 aliphatic heterocycles. The summed E-state index contributed by atoms with van der Waals surface area (Å²) in [7, 11) is -2.27. The molecule has 0 heterocycles. The van der Waals surface area contributed by atoms with Gasteiger partial charge in [-0.2, -0.15) is 0 Å². The van der Waals surface area contributed by atoms with Crippen LogP contribution in [0.3, 0.4) is 0 Å². The standard InChI is InChI=1S/C15H10O2.C8H20O3Si/c16-15(17)14-12-7-3-1-5-10(12)9-11-6-2-4-8-13(11)14;1-5-9-12(8-4,10-6-2)11-7-3/h1-9H,(H,16,17);5-8H2,1-4H3. The van der Waals surface area contributed by atoms with Gasteiger partial charge in [-0.15, -0.1) is 0 Å². The Bertz CT molecular complexity index is 870. The lowest BCUT2D eigenvalue weighted by atomic mass is 9.97. The van der Waals surface area contributed by atoms with Crippen molar-refractivity contribution < 1.29 is 23.2 Å². The van der Waals surface area contributed by atoms with Gasteiger partial charge in [0, 0.05) is 25.9 Å². The van der Waals surface area contributed by atoms with Gasteiger partial charge < -0.3 is 18.4 Å². The molecule has 0 aliphatic carbocycles.